The number of rotatable bonds is 6. The monoisotopic (exact) mass is 260 g/mol. The summed E-state index contributed by atoms with van der Waals surface area (Å²) >= 11 is 0. The van der Waals surface area contributed by atoms with Crippen LogP contribution in [0.2, 0.25) is 0 Å². The molecule has 2 rings (SSSR count). The van der Waals surface area contributed by atoms with Crippen LogP contribution in [0, 0.1) is 0 Å². The Morgan fingerprint density at radius 1 is 1.11 bits per heavy atom. The molecule has 1 aromatic heterocycles. The van der Waals surface area contributed by atoms with Gasteiger partial charge in [0.15, 0.2) is 0 Å². The van der Waals surface area contributed by atoms with Crippen molar-refractivity contribution in [2.24, 2.45) is 5.73 Å². The maximum atomic E-state index is 5.60. The molecule has 4 heteroatoms. The first-order valence-electron chi connectivity index (χ1n) is 6.31. The van der Waals surface area contributed by atoms with Crippen LogP contribution in [0.4, 0.5) is 0 Å². The van der Waals surface area contributed by atoms with Gasteiger partial charge in [-0.3, -0.25) is 4.90 Å². The summed E-state index contributed by atoms with van der Waals surface area (Å²) in [7, 11) is 3.75. The van der Waals surface area contributed by atoms with Gasteiger partial charge in [-0.2, -0.15) is 0 Å². The first kappa shape index (κ1) is 13.6. The number of nitrogens with two attached hydrogens (primary N) is 1. The van der Waals surface area contributed by atoms with Gasteiger partial charge in [0.2, 0.25) is 0 Å². The molecule has 0 bridgehead atoms. The van der Waals surface area contributed by atoms with Gasteiger partial charge in [-0.1, -0.05) is 18.2 Å². The van der Waals surface area contributed by atoms with E-state index in [1.807, 2.05) is 30.3 Å². The number of hydrogen-bond donors (Lipinski definition) is 1. The molecular formula is C15H20N2O2. The zero-order valence-electron chi connectivity index (χ0n) is 11.4. The summed E-state index contributed by atoms with van der Waals surface area (Å²) in [6.45, 7) is 2.00. The molecule has 2 aromatic rings. The molecule has 0 spiro atoms. The Balaban J connectivity index is 1.98. The fraction of sp³-hybridized carbons (Fsp3) is 0.333. The van der Waals surface area contributed by atoms with Crippen LogP contribution < -0.4 is 10.5 Å². The molecule has 0 amide bonds. The maximum Gasteiger partial charge on any atom is 0.123 e. The average Bonchev–Trinajstić information content (AvgIpc) is 2.87. The summed E-state index contributed by atoms with van der Waals surface area (Å²) in [6, 6.07) is 11.9. The summed E-state index contributed by atoms with van der Waals surface area (Å²) in [5.74, 6) is 2.66. The molecule has 0 aliphatic carbocycles. The molecule has 0 radical (unpaired) electrons. The second-order valence-electron chi connectivity index (χ2n) is 4.56. The van der Waals surface area contributed by atoms with Gasteiger partial charge >= 0.3 is 0 Å². The molecule has 1 heterocycles. The largest absolute Gasteiger partial charge is 0.496 e. The van der Waals surface area contributed by atoms with Crippen molar-refractivity contribution >= 4 is 0 Å². The van der Waals surface area contributed by atoms with E-state index in [2.05, 4.69) is 18.0 Å². The van der Waals surface area contributed by atoms with Crippen LogP contribution in [0.3, 0.4) is 0 Å². The van der Waals surface area contributed by atoms with Gasteiger partial charge < -0.3 is 14.9 Å². The maximum absolute atomic E-state index is 5.60. The predicted octanol–water partition coefficient (Wildman–Crippen LogP) is 2.38. The third-order valence-electron chi connectivity index (χ3n) is 2.98. The lowest BCUT2D eigenvalue weighted by Gasteiger charge is -2.17. The molecule has 0 fully saturated rings. The van der Waals surface area contributed by atoms with E-state index < -0.39 is 0 Å². The number of methoxy groups -OCH3 is 1. The van der Waals surface area contributed by atoms with E-state index in [-0.39, 0.29) is 0 Å². The third-order valence-corrected chi connectivity index (χ3v) is 2.98. The number of furan rings is 1. The first-order chi connectivity index (χ1) is 9.22. The van der Waals surface area contributed by atoms with Crippen LogP contribution in [0.25, 0.3) is 0 Å². The zero-order valence-corrected chi connectivity index (χ0v) is 11.4. The lowest BCUT2D eigenvalue weighted by molar-refractivity contribution is 0.278. The summed E-state index contributed by atoms with van der Waals surface area (Å²) < 4.78 is 11.0. The lowest BCUT2D eigenvalue weighted by atomic mass is 10.2. The Bertz CT molecular complexity index is 522. The molecule has 19 heavy (non-hydrogen) atoms. The van der Waals surface area contributed by atoms with Crippen molar-refractivity contribution < 1.29 is 9.15 Å². The van der Waals surface area contributed by atoms with Crippen LogP contribution >= 0.6 is 0 Å². The number of para-hydroxylation sites is 1. The van der Waals surface area contributed by atoms with Crippen molar-refractivity contribution in [2.45, 2.75) is 19.6 Å². The fourth-order valence-corrected chi connectivity index (χ4v) is 2.06. The quantitative estimate of drug-likeness (QED) is 0.866. The Hall–Kier alpha value is -1.78. The third kappa shape index (κ3) is 3.59. The van der Waals surface area contributed by atoms with Crippen LogP contribution in [0.1, 0.15) is 17.1 Å². The molecule has 0 aliphatic rings. The van der Waals surface area contributed by atoms with E-state index in [4.69, 9.17) is 14.9 Å². The van der Waals surface area contributed by atoms with Crippen LogP contribution in [0.15, 0.2) is 40.8 Å². The Morgan fingerprint density at radius 3 is 2.53 bits per heavy atom. The number of hydrogen-bond acceptors (Lipinski definition) is 4. The predicted molar refractivity (Wildman–Crippen MR) is 74.8 cm³/mol. The van der Waals surface area contributed by atoms with Gasteiger partial charge in [0.05, 0.1) is 20.2 Å². The van der Waals surface area contributed by atoms with Gasteiger partial charge in [-0.15, -0.1) is 0 Å². The summed E-state index contributed by atoms with van der Waals surface area (Å²) in [5.41, 5.74) is 6.70. The SMILES string of the molecule is COc1ccccc1CN(C)Cc1ccc(CN)o1. The standard InChI is InChI=1S/C15H20N2O2/c1-17(11-14-8-7-13(9-16)19-14)10-12-5-3-4-6-15(12)18-2/h3-8H,9-11,16H2,1-2H3. The first-order valence-corrected chi connectivity index (χ1v) is 6.31. The molecular weight excluding hydrogens is 240 g/mol. The highest BCUT2D eigenvalue weighted by Crippen LogP contribution is 2.19. The summed E-state index contributed by atoms with van der Waals surface area (Å²) in [6.07, 6.45) is 0. The number of benzene rings is 1. The Kier molecular flexibility index (Phi) is 4.60. The Labute approximate surface area is 113 Å². The van der Waals surface area contributed by atoms with E-state index in [0.29, 0.717) is 6.54 Å². The van der Waals surface area contributed by atoms with E-state index >= 15 is 0 Å². The van der Waals surface area contributed by atoms with Crippen molar-refractivity contribution in [3.05, 3.63) is 53.5 Å². The molecule has 0 atom stereocenters. The van der Waals surface area contributed by atoms with Gasteiger partial charge in [0, 0.05) is 12.1 Å². The minimum absolute atomic E-state index is 0.441. The number of ether oxygens (including phenoxy) is 1. The lowest BCUT2D eigenvalue weighted by Crippen LogP contribution is -2.17. The highest BCUT2D eigenvalue weighted by atomic mass is 16.5. The molecule has 0 saturated heterocycles. The minimum atomic E-state index is 0.441. The fourth-order valence-electron chi connectivity index (χ4n) is 2.06. The minimum Gasteiger partial charge on any atom is -0.496 e. The Morgan fingerprint density at radius 2 is 1.84 bits per heavy atom. The van der Waals surface area contributed by atoms with Gasteiger partial charge in [0.1, 0.15) is 17.3 Å². The normalized spacial score (nSPS) is 10.9. The highest BCUT2D eigenvalue weighted by Gasteiger charge is 2.08. The highest BCUT2D eigenvalue weighted by molar-refractivity contribution is 5.33. The molecule has 1 aromatic carbocycles. The van der Waals surface area contributed by atoms with Crippen molar-refractivity contribution in [3.8, 4) is 5.75 Å². The summed E-state index contributed by atoms with van der Waals surface area (Å²) in [4.78, 5) is 2.18. The van der Waals surface area contributed by atoms with E-state index in [9.17, 15) is 0 Å². The molecule has 2 N–H and O–H groups in total. The van der Waals surface area contributed by atoms with E-state index in [1.54, 1.807) is 7.11 Å². The molecule has 0 saturated carbocycles. The van der Waals surface area contributed by atoms with Gasteiger partial charge in [0.25, 0.3) is 0 Å². The van der Waals surface area contributed by atoms with Crippen LogP contribution in [0.5, 0.6) is 5.75 Å². The van der Waals surface area contributed by atoms with Crippen LogP contribution in [-0.2, 0) is 19.6 Å². The molecule has 4 nitrogen and oxygen atoms in total. The van der Waals surface area contributed by atoms with Crippen molar-refractivity contribution in [1.82, 2.24) is 4.90 Å². The second kappa shape index (κ2) is 6.41. The second-order valence-corrected chi connectivity index (χ2v) is 4.56. The average molecular weight is 260 g/mol. The van der Waals surface area contributed by atoms with Gasteiger partial charge in [-0.25, -0.2) is 0 Å². The van der Waals surface area contributed by atoms with Crippen molar-refractivity contribution in [2.75, 3.05) is 14.2 Å². The molecule has 102 valence electrons. The van der Waals surface area contributed by atoms with E-state index in [0.717, 1.165) is 35.9 Å². The zero-order chi connectivity index (χ0) is 13.7. The number of nitrogens with zero attached hydrogens (tertiary/aromatic N) is 1. The van der Waals surface area contributed by atoms with Crippen LogP contribution in [-0.4, -0.2) is 19.1 Å². The summed E-state index contributed by atoms with van der Waals surface area (Å²) in [5, 5.41) is 0. The topological polar surface area (TPSA) is 51.6 Å². The van der Waals surface area contributed by atoms with Crippen molar-refractivity contribution in [1.29, 1.82) is 0 Å². The molecule has 0 aliphatic heterocycles. The van der Waals surface area contributed by atoms with Gasteiger partial charge in [-0.05, 0) is 25.2 Å². The van der Waals surface area contributed by atoms with E-state index in [1.165, 1.54) is 0 Å². The smallest absolute Gasteiger partial charge is 0.123 e. The molecule has 0 unspecified atom stereocenters. The van der Waals surface area contributed by atoms with Crippen molar-refractivity contribution in [3.63, 3.8) is 0 Å².